The molecule has 1 aliphatic carbocycles. The highest BCUT2D eigenvalue weighted by molar-refractivity contribution is 5.92. The molecule has 0 aliphatic heterocycles. The molecule has 0 bridgehead atoms. The van der Waals surface area contributed by atoms with Crippen LogP contribution in [-0.4, -0.2) is 42.6 Å². The number of hydrogen-bond donors (Lipinski definition) is 1. The molecule has 0 saturated heterocycles. The van der Waals surface area contributed by atoms with Gasteiger partial charge in [0.25, 0.3) is 0 Å². The highest BCUT2D eigenvalue weighted by atomic mass is 16.5. The average molecular weight is 476 g/mol. The molecule has 1 aliphatic rings. The molecule has 0 radical (unpaired) electrons. The monoisotopic (exact) mass is 475 g/mol. The van der Waals surface area contributed by atoms with Crippen LogP contribution in [0.15, 0.2) is 60.8 Å². The van der Waals surface area contributed by atoms with E-state index in [1.165, 1.54) is 30.2 Å². The van der Waals surface area contributed by atoms with Gasteiger partial charge in [-0.05, 0) is 80.6 Å². The fourth-order valence-corrected chi connectivity index (χ4v) is 4.24. The lowest BCUT2D eigenvalue weighted by Crippen LogP contribution is -2.21. The van der Waals surface area contributed by atoms with Gasteiger partial charge in [0.15, 0.2) is 11.5 Å². The Hall–Kier alpha value is -3.58. The van der Waals surface area contributed by atoms with E-state index in [1.54, 1.807) is 19.2 Å². The van der Waals surface area contributed by atoms with Crippen LogP contribution in [0.3, 0.4) is 0 Å². The number of primary amides is 1. The van der Waals surface area contributed by atoms with Gasteiger partial charge in [-0.15, -0.1) is 0 Å². The number of nitrogens with zero attached hydrogens (tertiary/aromatic N) is 2. The summed E-state index contributed by atoms with van der Waals surface area (Å²) in [5.74, 6) is 2.24. The smallest absolute Gasteiger partial charge is 0.250 e. The maximum absolute atomic E-state index is 11.2. The second kappa shape index (κ2) is 11.7. The van der Waals surface area contributed by atoms with Crippen molar-refractivity contribution in [2.45, 2.75) is 44.8 Å². The van der Waals surface area contributed by atoms with Crippen LogP contribution in [0.25, 0.3) is 0 Å². The summed E-state index contributed by atoms with van der Waals surface area (Å²) in [6.07, 6.45) is 7.35. The normalized spacial score (nSPS) is 13.7. The first-order chi connectivity index (χ1) is 17.0. The van der Waals surface area contributed by atoms with Crippen molar-refractivity contribution < 1.29 is 19.0 Å². The van der Waals surface area contributed by atoms with Gasteiger partial charge in [0.1, 0.15) is 5.75 Å². The Balaban J connectivity index is 1.28. The van der Waals surface area contributed by atoms with Gasteiger partial charge in [0.2, 0.25) is 11.8 Å². The van der Waals surface area contributed by atoms with Crippen molar-refractivity contribution >= 4 is 5.91 Å². The Bertz CT molecular complexity index is 1110. The summed E-state index contributed by atoms with van der Waals surface area (Å²) in [5, 5.41) is 0. The molecule has 1 fully saturated rings. The van der Waals surface area contributed by atoms with E-state index in [1.807, 2.05) is 18.2 Å². The van der Waals surface area contributed by atoms with Crippen molar-refractivity contribution in [3.63, 3.8) is 0 Å². The van der Waals surface area contributed by atoms with Crippen LogP contribution < -0.4 is 19.9 Å². The standard InChI is InChI=1S/C28H33N3O4/c1-31(19-21-9-13-25(33-2)26(17-21)34-23-5-3-4-6-23)16-15-20-7-11-24(12-8-20)35-27-14-10-22(18-30-27)28(29)32/h7-14,17-18,23H,3-6,15-16,19H2,1-2H3,(H2,29,32). The number of hydrogen-bond acceptors (Lipinski definition) is 6. The van der Waals surface area contributed by atoms with Crippen LogP contribution >= 0.6 is 0 Å². The number of benzene rings is 2. The number of rotatable bonds is 11. The van der Waals surface area contributed by atoms with E-state index in [4.69, 9.17) is 19.9 Å². The lowest BCUT2D eigenvalue weighted by atomic mass is 10.1. The Kier molecular flexibility index (Phi) is 8.21. The van der Waals surface area contributed by atoms with Gasteiger partial charge >= 0.3 is 0 Å². The van der Waals surface area contributed by atoms with Gasteiger partial charge in [-0.2, -0.15) is 0 Å². The van der Waals surface area contributed by atoms with E-state index >= 15 is 0 Å². The first-order valence-corrected chi connectivity index (χ1v) is 12.0. The lowest BCUT2D eigenvalue weighted by molar-refractivity contribution is 0.1000. The Labute approximate surface area is 206 Å². The summed E-state index contributed by atoms with van der Waals surface area (Å²) in [6, 6.07) is 17.4. The number of methoxy groups -OCH3 is 1. The minimum Gasteiger partial charge on any atom is -0.493 e. The molecular formula is C28H33N3O4. The van der Waals surface area contributed by atoms with Crippen LogP contribution in [0.4, 0.5) is 0 Å². The average Bonchev–Trinajstić information content (AvgIpc) is 3.37. The van der Waals surface area contributed by atoms with Crippen LogP contribution in [0, 0.1) is 0 Å². The summed E-state index contributed by atoms with van der Waals surface area (Å²) in [7, 11) is 3.82. The fourth-order valence-electron chi connectivity index (χ4n) is 4.24. The van der Waals surface area contributed by atoms with E-state index in [0.29, 0.717) is 23.3 Å². The molecule has 35 heavy (non-hydrogen) atoms. The summed E-state index contributed by atoms with van der Waals surface area (Å²) in [6.45, 7) is 1.75. The Morgan fingerprint density at radius 2 is 1.77 bits per heavy atom. The molecule has 2 N–H and O–H groups in total. The summed E-state index contributed by atoms with van der Waals surface area (Å²) < 4.78 is 17.5. The first kappa shape index (κ1) is 24.5. The van der Waals surface area contributed by atoms with Crippen molar-refractivity contribution in [1.29, 1.82) is 0 Å². The molecule has 7 nitrogen and oxygen atoms in total. The second-order valence-electron chi connectivity index (χ2n) is 8.99. The molecule has 184 valence electrons. The Morgan fingerprint density at radius 1 is 1.03 bits per heavy atom. The SMILES string of the molecule is COc1ccc(CN(C)CCc2ccc(Oc3ccc(C(N)=O)cn3)cc2)cc1OC1CCCC1. The number of pyridine rings is 1. The van der Waals surface area contributed by atoms with Gasteiger partial charge in [-0.1, -0.05) is 18.2 Å². The molecule has 0 spiro atoms. The third-order valence-corrected chi connectivity index (χ3v) is 6.23. The third kappa shape index (κ3) is 6.96. The highest BCUT2D eigenvalue weighted by Crippen LogP contribution is 2.32. The quantitative estimate of drug-likeness (QED) is 0.421. The van der Waals surface area contributed by atoms with Crippen LogP contribution in [0.5, 0.6) is 23.1 Å². The number of ether oxygens (including phenoxy) is 3. The van der Waals surface area contributed by atoms with Crippen LogP contribution in [0.1, 0.15) is 47.2 Å². The minimum absolute atomic E-state index is 0.300. The van der Waals surface area contributed by atoms with Gasteiger partial charge in [-0.3, -0.25) is 4.79 Å². The molecule has 0 unspecified atom stereocenters. The molecule has 1 amide bonds. The zero-order valence-corrected chi connectivity index (χ0v) is 20.4. The second-order valence-corrected chi connectivity index (χ2v) is 8.99. The van der Waals surface area contributed by atoms with Crippen molar-refractivity contribution in [2.75, 3.05) is 20.7 Å². The number of amides is 1. The predicted octanol–water partition coefficient (Wildman–Crippen LogP) is 4.98. The van der Waals surface area contributed by atoms with Crippen molar-refractivity contribution in [3.05, 3.63) is 77.5 Å². The van der Waals surface area contributed by atoms with E-state index in [9.17, 15) is 4.79 Å². The Morgan fingerprint density at radius 3 is 2.43 bits per heavy atom. The highest BCUT2D eigenvalue weighted by Gasteiger charge is 2.19. The largest absolute Gasteiger partial charge is 0.493 e. The van der Waals surface area contributed by atoms with Crippen molar-refractivity contribution in [1.82, 2.24) is 9.88 Å². The van der Waals surface area contributed by atoms with Gasteiger partial charge < -0.3 is 24.8 Å². The molecular weight excluding hydrogens is 442 g/mol. The minimum atomic E-state index is -0.511. The number of carbonyl (C=O) groups is 1. The lowest BCUT2D eigenvalue weighted by Gasteiger charge is -2.20. The molecule has 7 heteroatoms. The van der Waals surface area contributed by atoms with Gasteiger partial charge in [0, 0.05) is 25.4 Å². The topological polar surface area (TPSA) is 86.9 Å². The predicted molar refractivity (Wildman–Crippen MR) is 135 cm³/mol. The van der Waals surface area contributed by atoms with Gasteiger partial charge in [0.05, 0.1) is 18.8 Å². The van der Waals surface area contributed by atoms with E-state index < -0.39 is 5.91 Å². The van der Waals surface area contributed by atoms with Crippen molar-refractivity contribution in [2.24, 2.45) is 5.73 Å². The summed E-state index contributed by atoms with van der Waals surface area (Å²) in [4.78, 5) is 17.6. The maximum atomic E-state index is 11.2. The number of carbonyl (C=O) groups excluding carboxylic acids is 1. The van der Waals surface area contributed by atoms with E-state index in [-0.39, 0.29) is 0 Å². The molecule has 0 atom stereocenters. The number of likely N-dealkylation sites (N-methyl/N-ethyl adjacent to an activating group) is 1. The van der Waals surface area contributed by atoms with Crippen LogP contribution in [-0.2, 0) is 13.0 Å². The summed E-state index contributed by atoms with van der Waals surface area (Å²) >= 11 is 0. The first-order valence-electron chi connectivity index (χ1n) is 12.0. The number of nitrogens with two attached hydrogens (primary N) is 1. The van der Waals surface area contributed by atoms with Crippen LogP contribution in [0.2, 0.25) is 0 Å². The maximum Gasteiger partial charge on any atom is 0.250 e. The van der Waals surface area contributed by atoms with Gasteiger partial charge in [-0.25, -0.2) is 4.98 Å². The molecule has 1 heterocycles. The molecule has 1 aromatic heterocycles. The fraction of sp³-hybridized carbons (Fsp3) is 0.357. The van der Waals surface area contributed by atoms with Crippen molar-refractivity contribution in [3.8, 4) is 23.1 Å². The number of aromatic nitrogens is 1. The molecule has 4 rings (SSSR count). The molecule has 2 aromatic carbocycles. The molecule has 3 aromatic rings. The molecule has 1 saturated carbocycles. The van der Waals surface area contributed by atoms with E-state index in [0.717, 1.165) is 43.9 Å². The summed E-state index contributed by atoms with van der Waals surface area (Å²) in [5.41, 5.74) is 8.02. The zero-order valence-electron chi connectivity index (χ0n) is 20.4. The third-order valence-electron chi connectivity index (χ3n) is 6.23. The zero-order chi connectivity index (χ0) is 24.6. The van der Waals surface area contributed by atoms with E-state index in [2.05, 4.69) is 41.2 Å².